The van der Waals surface area contributed by atoms with Crippen LogP contribution in [0.4, 0.5) is 0 Å². The van der Waals surface area contributed by atoms with E-state index >= 15 is 0 Å². The summed E-state index contributed by atoms with van der Waals surface area (Å²) < 4.78 is 0. The zero-order valence-electron chi connectivity index (χ0n) is 8.99. The van der Waals surface area contributed by atoms with Crippen LogP contribution in [-0.2, 0) is 6.54 Å². The van der Waals surface area contributed by atoms with E-state index in [1.54, 1.807) is 6.07 Å². The summed E-state index contributed by atoms with van der Waals surface area (Å²) in [5.74, 6) is 0. The molecule has 0 aromatic heterocycles. The molecule has 0 atom stereocenters. The van der Waals surface area contributed by atoms with Crippen LogP contribution < -0.4 is 11.1 Å². The molecule has 1 aromatic carbocycles. The molecule has 3 N–H and O–H groups in total. The summed E-state index contributed by atoms with van der Waals surface area (Å²) in [5, 5.41) is 20.1. The van der Waals surface area contributed by atoms with Gasteiger partial charge in [-0.05, 0) is 12.5 Å². The Kier molecular flexibility index (Phi) is 3.94. The van der Waals surface area contributed by atoms with Gasteiger partial charge in [-0.1, -0.05) is 29.8 Å². The molecule has 0 aliphatic rings. The third kappa shape index (κ3) is 3.04. The molecule has 0 fully saturated rings. The van der Waals surface area contributed by atoms with Gasteiger partial charge >= 0.3 is 0 Å². The lowest BCUT2D eigenvalue weighted by atomic mass is 10.1. The SMILES string of the molecule is Cc1ccc(CN/C(C#N)=C(\N)C#N)cc1. The van der Waals surface area contributed by atoms with Crippen molar-refractivity contribution in [2.45, 2.75) is 13.5 Å². The Balaban J connectivity index is 2.69. The van der Waals surface area contributed by atoms with Crippen LogP contribution in [0.3, 0.4) is 0 Å². The van der Waals surface area contributed by atoms with Gasteiger partial charge in [0.05, 0.1) is 0 Å². The maximum absolute atomic E-state index is 8.75. The zero-order valence-corrected chi connectivity index (χ0v) is 8.99. The van der Waals surface area contributed by atoms with E-state index in [-0.39, 0.29) is 11.4 Å². The monoisotopic (exact) mass is 212 g/mol. The molecule has 0 heterocycles. The third-order valence-electron chi connectivity index (χ3n) is 2.09. The molecule has 0 radical (unpaired) electrons. The van der Waals surface area contributed by atoms with E-state index in [2.05, 4.69) is 5.32 Å². The maximum Gasteiger partial charge on any atom is 0.148 e. The molecule has 4 heteroatoms. The smallest absolute Gasteiger partial charge is 0.148 e. The number of nitrogens with zero attached hydrogens (tertiary/aromatic N) is 2. The number of allylic oxidation sites excluding steroid dienone is 2. The van der Waals surface area contributed by atoms with Crippen molar-refractivity contribution in [3.8, 4) is 12.1 Å². The second-order valence-corrected chi connectivity index (χ2v) is 3.35. The Bertz CT molecular complexity index is 471. The summed E-state index contributed by atoms with van der Waals surface area (Å²) in [7, 11) is 0. The quantitative estimate of drug-likeness (QED) is 0.739. The van der Waals surface area contributed by atoms with Crippen molar-refractivity contribution in [3.05, 3.63) is 46.8 Å². The molecular formula is C12H12N4. The molecule has 0 saturated carbocycles. The zero-order chi connectivity index (χ0) is 12.0. The number of rotatable bonds is 3. The molecule has 4 nitrogen and oxygen atoms in total. The van der Waals surface area contributed by atoms with E-state index in [1.807, 2.05) is 37.3 Å². The highest BCUT2D eigenvalue weighted by Gasteiger charge is 2.01. The van der Waals surface area contributed by atoms with Gasteiger partial charge in [0, 0.05) is 6.54 Å². The third-order valence-corrected chi connectivity index (χ3v) is 2.09. The van der Waals surface area contributed by atoms with Crippen LogP contribution in [0.25, 0.3) is 0 Å². The lowest BCUT2D eigenvalue weighted by Gasteiger charge is -2.05. The van der Waals surface area contributed by atoms with E-state index in [0.717, 1.165) is 5.56 Å². The first-order chi connectivity index (χ1) is 7.67. The van der Waals surface area contributed by atoms with E-state index < -0.39 is 0 Å². The van der Waals surface area contributed by atoms with E-state index in [1.165, 1.54) is 5.56 Å². The fraction of sp³-hybridized carbons (Fsp3) is 0.167. The van der Waals surface area contributed by atoms with Gasteiger partial charge in [-0.2, -0.15) is 10.5 Å². The van der Waals surface area contributed by atoms with E-state index in [4.69, 9.17) is 16.3 Å². The van der Waals surface area contributed by atoms with Gasteiger partial charge in [0.2, 0.25) is 0 Å². The van der Waals surface area contributed by atoms with Crippen LogP contribution in [0.15, 0.2) is 35.7 Å². The largest absolute Gasteiger partial charge is 0.388 e. The van der Waals surface area contributed by atoms with Crippen molar-refractivity contribution in [2.75, 3.05) is 0 Å². The highest BCUT2D eigenvalue weighted by Crippen LogP contribution is 2.03. The summed E-state index contributed by atoms with van der Waals surface area (Å²) >= 11 is 0. The first-order valence-corrected chi connectivity index (χ1v) is 4.76. The Labute approximate surface area is 94.6 Å². The van der Waals surface area contributed by atoms with Crippen molar-refractivity contribution in [1.29, 1.82) is 10.5 Å². The number of hydrogen-bond acceptors (Lipinski definition) is 4. The maximum atomic E-state index is 8.75. The molecule has 80 valence electrons. The molecule has 0 aliphatic heterocycles. The Hall–Kier alpha value is -2.46. The molecule has 0 unspecified atom stereocenters. The fourth-order valence-electron chi connectivity index (χ4n) is 1.15. The normalized spacial score (nSPS) is 10.9. The van der Waals surface area contributed by atoms with Gasteiger partial charge in [-0.15, -0.1) is 0 Å². The highest BCUT2D eigenvalue weighted by molar-refractivity contribution is 5.33. The molecule has 0 aliphatic carbocycles. The summed E-state index contributed by atoms with van der Waals surface area (Å²) in [5.41, 5.74) is 7.58. The summed E-state index contributed by atoms with van der Waals surface area (Å²) in [6, 6.07) is 11.5. The van der Waals surface area contributed by atoms with Crippen LogP contribution in [0.1, 0.15) is 11.1 Å². The van der Waals surface area contributed by atoms with Crippen molar-refractivity contribution in [1.82, 2.24) is 5.32 Å². The fourth-order valence-corrected chi connectivity index (χ4v) is 1.15. The minimum Gasteiger partial charge on any atom is -0.388 e. The molecular weight excluding hydrogens is 200 g/mol. The van der Waals surface area contributed by atoms with Crippen LogP contribution in [-0.4, -0.2) is 0 Å². The van der Waals surface area contributed by atoms with Crippen molar-refractivity contribution in [2.24, 2.45) is 5.73 Å². The predicted molar refractivity (Wildman–Crippen MR) is 60.5 cm³/mol. The molecule has 0 saturated heterocycles. The van der Waals surface area contributed by atoms with Gasteiger partial charge in [0.1, 0.15) is 23.5 Å². The number of nitrogens with two attached hydrogens (primary N) is 1. The van der Waals surface area contributed by atoms with Crippen molar-refractivity contribution in [3.63, 3.8) is 0 Å². The van der Waals surface area contributed by atoms with Crippen LogP contribution in [0.5, 0.6) is 0 Å². The molecule has 16 heavy (non-hydrogen) atoms. The number of hydrogen-bond donors (Lipinski definition) is 2. The molecule has 0 spiro atoms. The van der Waals surface area contributed by atoms with Gasteiger partial charge in [-0.3, -0.25) is 0 Å². The van der Waals surface area contributed by atoms with E-state index in [0.29, 0.717) is 6.54 Å². The predicted octanol–water partition coefficient (Wildman–Crippen LogP) is 1.30. The Morgan fingerprint density at radius 1 is 1.25 bits per heavy atom. The van der Waals surface area contributed by atoms with Crippen molar-refractivity contribution < 1.29 is 0 Å². The molecule has 0 amide bonds. The summed E-state index contributed by atoms with van der Waals surface area (Å²) in [6.07, 6.45) is 0. The molecule has 1 aromatic rings. The summed E-state index contributed by atoms with van der Waals surface area (Å²) in [4.78, 5) is 0. The average Bonchev–Trinajstić information content (AvgIpc) is 2.31. The second kappa shape index (κ2) is 5.43. The lowest BCUT2D eigenvalue weighted by molar-refractivity contribution is 0.827. The van der Waals surface area contributed by atoms with Gasteiger partial charge in [0.15, 0.2) is 0 Å². The number of nitriles is 2. The number of benzene rings is 1. The first-order valence-electron chi connectivity index (χ1n) is 4.76. The lowest BCUT2D eigenvalue weighted by Crippen LogP contribution is -2.16. The topological polar surface area (TPSA) is 85.6 Å². The minimum absolute atomic E-state index is 0.0883. The second-order valence-electron chi connectivity index (χ2n) is 3.35. The molecule has 0 bridgehead atoms. The first kappa shape index (κ1) is 11.6. The summed E-state index contributed by atoms with van der Waals surface area (Å²) in [6.45, 7) is 2.48. The Morgan fingerprint density at radius 3 is 2.38 bits per heavy atom. The molecule has 1 rings (SSSR count). The van der Waals surface area contributed by atoms with Crippen molar-refractivity contribution >= 4 is 0 Å². The number of aryl methyl sites for hydroxylation is 1. The van der Waals surface area contributed by atoms with Gasteiger partial charge < -0.3 is 11.1 Å². The van der Waals surface area contributed by atoms with E-state index in [9.17, 15) is 0 Å². The average molecular weight is 212 g/mol. The van der Waals surface area contributed by atoms with Gasteiger partial charge in [0.25, 0.3) is 0 Å². The standard InChI is InChI=1S/C12H12N4/c1-9-2-4-10(5-3-9)8-16-12(7-14)11(15)6-13/h2-5,16H,8,15H2,1H3/b12-11-. The van der Waals surface area contributed by atoms with Crippen LogP contribution >= 0.6 is 0 Å². The van der Waals surface area contributed by atoms with Gasteiger partial charge in [-0.25, -0.2) is 0 Å². The van der Waals surface area contributed by atoms with Crippen LogP contribution in [0.2, 0.25) is 0 Å². The Morgan fingerprint density at radius 2 is 1.88 bits per heavy atom. The highest BCUT2D eigenvalue weighted by atomic mass is 14.9. The van der Waals surface area contributed by atoms with Crippen LogP contribution in [0, 0.1) is 29.6 Å². The minimum atomic E-state index is -0.0883. The number of nitrogens with one attached hydrogen (secondary N) is 1.